The van der Waals surface area contributed by atoms with Crippen LogP contribution in [0.4, 0.5) is 0 Å². The Bertz CT molecular complexity index is 447. The number of primary amides is 1. The van der Waals surface area contributed by atoms with Crippen molar-refractivity contribution in [1.29, 1.82) is 0 Å². The number of hydrogen-bond acceptors (Lipinski definition) is 3. The fourth-order valence-electron chi connectivity index (χ4n) is 2.52. The van der Waals surface area contributed by atoms with Gasteiger partial charge in [0.1, 0.15) is 0 Å². The summed E-state index contributed by atoms with van der Waals surface area (Å²) in [6, 6.07) is 0.757. The average molecular weight is 220 g/mol. The number of carbonyl (C=O) groups excluding carboxylic acids is 1. The lowest BCUT2D eigenvalue weighted by molar-refractivity contribution is 0.0987. The molecule has 0 radical (unpaired) electrons. The van der Waals surface area contributed by atoms with Crippen molar-refractivity contribution in [2.75, 3.05) is 6.54 Å². The predicted octanol–water partition coefficient (Wildman–Crippen LogP) is 0.0395. The second-order valence-electron chi connectivity index (χ2n) is 4.70. The number of hydrogen-bond donors (Lipinski definition) is 1. The SMILES string of the molecule is Cn1c(C(N)=O)nc2c1CCN(C1CC1)C2. The van der Waals surface area contributed by atoms with Gasteiger partial charge in [0, 0.05) is 38.3 Å². The standard InChI is InChI=1S/C11H16N4O/c1-14-9-4-5-15(7-2-3-7)6-8(9)13-11(14)10(12)16/h7H,2-6H2,1H3,(H2,12,16). The highest BCUT2D eigenvalue weighted by Crippen LogP contribution is 2.31. The van der Waals surface area contributed by atoms with E-state index in [1.165, 1.54) is 18.5 Å². The molecule has 0 unspecified atom stereocenters. The van der Waals surface area contributed by atoms with Crippen molar-refractivity contribution in [3.63, 3.8) is 0 Å². The van der Waals surface area contributed by atoms with Crippen molar-refractivity contribution >= 4 is 5.91 Å². The highest BCUT2D eigenvalue weighted by molar-refractivity contribution is 5.89. The summed E-state index contributed by atoms with van der Waals surface area (Å²) in [6.45, 7) is 1.95. The molecule has 86 valence electrons. The molecule has 1 amide bonds. The van der Waals surface area contributed by atoms with Crippen molar-refractivity contribution in [3.8, 4) is 0 Å². The van der Waals surface area contributed by atoms with Crippen LogP contribution < -0.4 is 5.73 Å². The van der Waals surface area contributed by atoms with E-state index in [2.05, 4.69) is 9.88 Å². The summed E-state index contributed by atoms with van der Waals surface area (Å²) in [6.07, 6.45) is 3.60. The largest absolute Gasteiger partial charge is 0.363 e. The summed E-state index contributed by atoms with van der Waals surface area (Å²) in [5.74, 6) is -0.0440. The fraction of sp³-hybridized carbons (Fsp3) is 0.636. The van der Waals surface area contributed by atoms with Gasteiger partial charge in [-0.2, -0.15) is 0 Å². The molecule has 1 aliphatic carbocycles. The molecule has 1 aliphatic heterocycles. The van der Waals surface area contributed by atoms with E-state index < -0.39 is 5.91 Å². The zero-order valence-corrected chi connectivity index (χ0v) is 9.44. The van der Waals surface area contributed by atoms with Crippen LogP contribution in [-0.4, -0.2) is 32.9 Å². The Morgan fingerprint density at radius 1 is 1.50 bits per heavy atom. The molecular formula is C11H16N4O. The molecule has 1 aromatic heterocycles. The first-order valence-electron chi connectivity index (χ1n) is 5.75. The van der Waals surface area contributed by atoms with Gasteiger partial charge in [0.2, 0.25) is 0 Å². The van der Waals surface area contributed by atoms with Gasteiger partial charge in [0.15, 0.2) is 5.82 Å². The van der Waals surface area contributed by atoms with Crippen LogP contribution in [0.15, 0.2) is 0 Å². The van der Waals surface area contributed by atoms with E-state index in [0.29, 0.717) is 5.82 Å². The molecule has 0 bridgehead atoms. The minimum absolute atomic E-state index is 0.391. The normalized spacial score (nSPS) is 20.8. The Balaban J connectivity index is 1.92. The predicted molar refractivity (Wildman–Crippen MR) is 58.9 cm³/mol. The Morgan fingerprint density at radius 2 is 2.25 bits per heavy atom. The van der Waals surface area contributed by atoms with Crippen LogP contribution in [0, 0.1) is 0 Å². The van der Waals surface area contributed by atoms with Crippen molar-refractivity contribution < 1.29 is 4.79 Å². The quantitative estimate of drug-likeness (QED) is 0.765. The summed E-state index contributed by atoms with van der Waals surface area (Å²) in [5, 5.41) is 0. The van der Waals surface area contributed by atoms with E-state index in [-0.39, 0.29) is 0 Å². The van der Waals surface area contributed by atoms with Crippen molar-refractivity contribution in [3.05, 3.63) is 17.2 Å². The van der Waals surface area contributed by atoms with Gasteiger partial charge >= 0.3 is 0 Å². The second kappa shape index (κ2) is 3.31. The number of amides is 1. The molecule has 1 aromatic rings. The smallest absolute Gasteiger partial charge is 0.284 e. The first-order chi connectivity index (χ1) is 7.66. The summed E-state index contributed by atoms with van der Waals surface area (Å²) in [7, 11) is 1.87. The van der Waals surface area contributed by atoms with Gasteiger partial charge in [-0.05, 0) is 12.8 Å². The molecule has 2 N–H and O–H groups in total. The summed E-state index contributed by atoms with van der Waals surface area (Å²) in [5.41, 5.74) is 7.51. The first kappa shape index (κ1) is 9.84. The van der Waals surface area contributed by atoms with Crippen LogP contribution >= 0.6 is 0 Å². The number of carbonyl (C=O) groups is 1. The van der Waals surface area contributed by atoms with Crippen LogP contribution in [0.25, 0.3) is 0 Å². The lowest BCUT2D eigenvalue weighted by atomic mass is 10.1. The molecule has 3 rings (SSSR count). The zero-order valence-electron chi connectivity index (χ0n) is 9.44. The summed E-state index contributed by atoms with van der Waals surface area (Å²) >= 11 is 0. The molecule has 1 fully saturated rings. The van der Waals surface area contributed by atoms with E-state index in [9.17, 15) is 4.79 Å². The van der Waals surface area contributed by atoms with Gasteiger partial charge in [-0.15, -0.1) is 0 Å². The third-order valence-electron chi connectivity index (χ3n) is 3.57. The molecule has 0 saturated heterocycles. The van der Waals surface area contributed by atoms with E-state index in [4.69, 9.17) is 5.73 Å². The highest BCUT2D eigenvalue weighted by Gasteiger charge is 2.33. The second-order valence-corrected chi connectivity index (χ2v) is 4.70. The number of imidazole rings is 1. The topological polar surface area (TPSA) is 64.1 Å². The molecule has 0 spiro atoms. The van der Waals surface area contributed by atoms with Crippen LogP contribution in [0.5, 0.6) is 0 Å². The van der Waals surface area contributed by atoms with Crippen molar-refractivity contribution in [2.24, 2.45) is 12.8 Å². The van der Waals surface area contributed by atoms with Crippen molar-refractivity contribution in [2.45, 2.75) is 31.8 Å². The third-order valence-corrected chi connectivity index (χ3v) is 3.57. The Labute approximate surface area is 94.2 Å². The van der Waals surface area contributed by atoms with Crippen LogP contribution in [0.2, 0.25) is 0 Å². The van der Waals surface area contributed by atoms with Gasteiger partial charge in [0.05, 0.1) is 5.69 Å². The zero-order chi connectivity index (χ0) is 11.3. The molecule has 2 aliphatic rings. The Hall–Kier alpha value is -1.36. The van der Waals surface area contributed by atoms with Gasteiger partial charge in [-0.25, -0.2) is 4.98 Å². The minimum atomic E-state index is -0.435. The van der Waals surface area contributed by atoms with Gasteiger partial charge in [-0.3, -0.25) is 9.69 Å². The molecule has 5 nitrogen and oxygen atoms in total. The molecule has 5 heteroatoms. The summed E-state index contributed by atoms with van der Waals surface area (Å²) < 4.78 is 1.85. The lowest BCUT2D eigenvalue weighted by Crippen LogP contribution is -2.32. The maximum absolute atomic E-state index is 11.2. The minimum Gasteiger partial charge on any atom is -0.363 e. The number of aromatic nitrogens is 2. The highest BCUT2D eigenvalue weighted by atomic mass is 16.1. The third kappa shape index (κ3) is 1.43. The van der Waals surface area contributed by atoms with Crippen molar-refractivity contribution in [1.82, 2.24) is 14.5 Å². The number of nitrogens with two attached hydrogens (primary N) is 1. The molecule has 16 heavy (non-hydrogen) atoms. The summed E-state index contributed by atoms with van der Waals surface area (Å²) in [4.78, 5) is 18.0. The molecule has 0 atom stereocenters. The Morgan fingerprint density at radius 3 is 2.88 bits per heavy atom. The molecule has 1 saturated carbocycles. The maximum atomic E-state index is 11.2. The lowest BCUT2D eigenvalue weighted by Gasteiger charge is -2.26. The number of nitrogens with zero attached hydrogens (tertiary/aromatic N) is 3. The van der Waals surface area contributed by atoms with E-state index >= 15 is 0 Å². The first-order valence-corrected chi connectivity index (χ1v) is 5.75. The van der Waals surface area contributed by atoms with Gasteiger partial charge in [-0.1, -0.05) is 0 Å². The van der Waals surface area contributed by atoms with Crippen LogP contribution in [-0.2, 0) is 20.0 Å². The number of fused-ring (bicyclic) bond motifs is 1. The average Bonchev–Trinajstić information content (AvgIpc) is 3.04. The van der Waals surface area contributed by atoms with E-state index in [0.717, 1.165) is 31.2 Å². The fourth-order valence-corrected chi connectivity index (χ4v) is 2.52. The maximum Gasteiger partial charge on any atom is 0.284 e. The van der Waals surface area contributed by atoms with Gasteiger partial charge < -0.3 is 10.3 Å². The van der Waals surface area contributed by atoms with Crippen LogP contribution in [0.3, 0.4) is 0 Å². The van der Waals surface area contributed by atoms with Crippen LogP contribution in [0.1, 0.15) is 34.8 Å². The molecule has 0 aromatic carbocycles. The number of rotatable bonds is 2. The van der Waals surface area contributed by atoms with E-state index in [1.807, 2.05) is 11.6 Å². The molecule has 2 heterocycles. The van der Waals surface area contributed by atoms with E-state index in [1.54, 1.807) is 0 Å². The monoisotopic (exact) mass is 220 g/mol. The molecular weight excluding hydrogens is 204 g/mol. The Kier molecular flexibility index (Phi) is 2.04. The van der Waals surface area contributed by atoms with Gasteiger partial charge in [0.25, 0.3) is 5.91 Å².